The van der Waals surface area contributed by atoms with Crippen LogP contribution in [0.2, 0.25) is 0 Å². The molecule has 1 aromatic carbocycles. The lowest BCUT2D eigenvalue weighted by Crippen LogP contribution is -2.06. The van der Waals surface area contributed by atoms with Crippen molar-refractivity contribution in [1.29, 1.82) is 0 Å². The molecule has 7 heteroatoms. The molecule has 0 bridgehead atoms. The Balaban J connectivity index is 2.15. The Labute approximate surface area is 122 Å². The van der Waals surface area contributed by atoms with Crippen LogP contribution in [0.25, 0.3) is 0 Å². The summed E-state index contributed by atoms with van der Waals surface area (Å²) in [6, 6.07) is 10.4. The van der Waals surface area contributed by atoms with E-state index < -0.39 is 4.92 Å². The van der Waals surface area contributed by atoms with E-state index in [1.165, 1.54) is 6.07 Å². The van der Waals surface area contributed by atoms with Crippen LogP contribution in [-0.4, -0.2) is 24.1 Å². The van der Waals surface area contributed by atoms with Crippen molar-refractivity contribution < 1.29 is 9.66 Å². The molecule has 7 nitrogen and oxygen atoms in total. The normalized spacial score (nSPS) is 10.0. The number of nitrogens with zero attached hydrogens (tertiary/aromatic N) is 2. The van der Waals surface area contributed by atoms with Crippen molar-refractivity contribution in [1.82, 2.24) is 4.98 Å². The fourth-order valence-corrected chi connectivity index (χ4v) is 1.80. The Hall–Kier alpha value is -2.83. The maximum Gasteiger partial charge on any atom is 0.311 e. The van der Waals surface area contributed by atoms with Crippen molar-refractivity contribution >= 4 is 17.3 Å². The summed E-state index contributed by atoms with van der Waals surface area (Å²) in [5.41, 5.74) is 0.921. The van der Waals surface area contributed by atoms with Gasteiger partial charge in [0, 0.05) is 19.7 Å². The van der Waals surface area contributed by atoms with Gasteiger partial charge in [-0.15, -0.1) is 0 Å². The van der Waals surface area contributed by atoms with Crippen LogP contribution >= 0.6 is 0 Å². The molecule has 0 spiro atoms. The fraction of sp³-hybridized carbons (Fsp3) is 0.214. The van der Waals surface area contributed by atoms with Crippen LogP contribution in [0.5, 0.6) is 5.75 Å². The summed E-state index contributed by atoms with van der Waals surface area (Å²) < 4.78 is 5.08. The highest BCUT2D eigenvalue weighted by Crippen LogP contribution is 2.24. The summed E-state index contributed by atoms with van der Waals surface area (Å²) in [7, 11) is 3.31. The Morgan fingerprint density at radius 3 is 2.52 bits per heavy atom. The summed E-state index contributed by atoms with van der Waals surface area (Å²) in [5.74, 6) is 1.57. The van der Waals surface area contributed by atoms with Gasteiger partial charge in [0.05, 0.1) is 12.0 Å². The predicted molar refractivity (Wildman–Crippen MR) is 80.8 cm³/mol. The Morgan fingerprint density at radius 1 is 1.24 bits per heavy atom. The van der Waals surface area contributed by atoms with Gasteiger partial charge in [-0.3, -0.25) is 10.1 Å². The molecule has 21 heavy (non-hydrogen) atoms. The number of benzene rings is 1. The monoisotopic (exact) mass is 288 g/mol. The van der Waals surface area contributed by atoms with Gasteiger partial charge < -0.3 is 15.4 Å². The molecule has 110 valence electrons. The van der Waals surface area contributed by atoms with E-state index in [2.05, 4.69) is 15.6 Å². The molecule has 1 heterocycles. The lowest BCUT2D eigenvalue weighted by molar-refractivity contribution is -0.384. The number of rotatable bonds is 6. The van der Waals surface area contributed by atoms with Crippen LogP contribution in [0, 0.1) is 10.1 Å². The molecule has 0 unspecified atom stereocenters. The van der Waals surface area contributed by atoms with Crippen LogP contribution in [0.3, 0.4) is 0 Å². The van der Waals surface area contributed by atoms with Gasteiger partial charge in [0.2, 0.25) is 5.82 Å². The first-order chi connectivity index (χ1) is 10.1. The van der Waals surface area contributed by atoms with E-state index in [1.54, 1.807) is 20.2 Å². The number of anilines is 2. The van der Waals surface area contributed by atoms with Gasteiger partial charge in [-0.25, -0.2) is 4.98 Å². The summed E-state index contributed by atoms with van der Waals surface area (Å²) in [5, 5.41) is 16.9. The van der Waals surface area contributed by atoms with E-state index in [-0.39, 0.29) is 11.5 Å². The second-order valence-electron chi connectivity index (χ2n) is 4.27. The van der Waals surface area contributed by atoms with Crippen LogP contribution in [0.15, 0.2) is 36.4 Å². The number of ether oxygens (including phenoxy) is 1. The molecule has 0 aliphatic heterocycles. The maximum absolute atomic E-state index is 11.0. The summed E-state index contributed by atoms with van der Waals surface area (Å²) >= 11 is 0. The zero-order valence-corrected chi connectivity index (χ0v) is 11.8. The first kappa shape index (κ1) is 14.6. The maximum atomic E-state index is 11.0. The summed E-state index contributed by atoms with van der Waals surface area (Å²) in [4.78, 5) is 14.7. The highest BCUT2D eigenvalue weighted by Gasteiger charge is 2.15. The predicted octanol–water partition coefficient (Wildman–Crippen LogP) is 2.65. The van der Waals surface area contributed by atoms with Crippen LogP contribution < -0.4 is 15.4 Å². The molecule has 0 saturated carbocycles. The van der Waals surface area contributed by atoms with Crippen molar-refractivity contribution in [2.45, 2.75) is 6.54 Å². The van der Waals surface area contributed by atoms with Crippen molar-refractivity contribution in [3.05, 3.63) is 52.1 Å². The average Bonchev–Trinajstić information content (AvgIpc) is 2.52. The quantitative estimate of drug-likeness (QED) is 0.627. The molecule has 2 aromatic rings. The van der Waals surface area contributed by atoms with Gasteiger partial charge in [-0.05, 0) is 23.8 Å². The van der Waals surface area contributed by atoms with Crippen molar-refractivity contribution in [2.75, 3.05) is 24.8 Å². The van der Waals surface area contributed by atoms with E-state index in [0.29, 0.717) is 12.4 Å². The molecule has 0 aliphatic rings. The fourth-order valence-electron chi connectivity index (χ4n) is 1.80. The minimum absolute atomic E-state index is 0.0532. The molecule has 0 fully saturated rings. The van der Waals surface area contributed by atoms with Gasteiger partial charge in [0.15, 0.2) is 0 Å². The van der Waals surface area contributed by atoms with Gasteiger partial charge >= 0.3 is 5.69 Å². The number of aromatic nitrogens is 1. The van der Waals surface area contributed by atoms with Gasteiger partial charge in [0.25, 0.3) is 0 Å². The first-order valence-electron chi connectivity index (χ1n) is 6.34. The molecule has 1 aromatic heterocycles. The van der Waals surface area contributed by atoms with Gasteiger partial charge in [0.1, 0.15) is 11.6 Å². The van der Waals surface area contributed by atoms with Crippen LogP contribution in [0.1, 0.15) is 5.56 Å². The zero-order chi connectivity index (χ0) is 15.2. The van der Waals surface area contributed by atoms with E-state index in [0.717, 1.165) is 11.3 Å². The molecule has 0 radical (unpaired) electrons. The number of nitrogens with one attached hydrogen (secondary N) is 2. The molecule has 0 amide bonds. The highest BCUT2D eigenvalue weighted by molar-refractivity contribution is 5.60. The molecule has 2 rings (SSSR count). The Kier molecular flexibility index (Phi) is 4.55. The average molecular weight is 288 g/mol. The lowest BCUT2D eigenvalue weighted by atomic mass is 10.2. The molecule has 0 atom stereocenters. The standard InChI is InChI=1S/C14H16N4O3/c1-15-13-8-7-12(18(19)20)14(17-13)16-9-10-3-5-11(21-2)6-4-10/h3-8H,9H2,1-2H3,(H2,15,16,17). The lowest BCUT2D eigenvalue weighted by Gasteiger charge is -2.08. The number of hydrogen-bond donors (Lipinski definition) is 2. The third-order valence-corrected chi connectivity index (χ3v) is 2.95. The number of methoxy groups -OCH3 is 1. The molecule has 2 N–H and O–H groups in total. The topological polar surface area (TPSA) is 89.3 Å². The second-order valence-corrected chi connectivity index (χ2v) is 4.27. The minimum atomic E-state index is -0.456. The van der Waals surface area contributed by atoms with E-state index in [4.69, 9.17) is 4.74 Å². The van der Waals surface area contributed by atoms with E-state index >= 15 is 0 Å². The molecular weight excluding hydrogens is 272 g/mol. The van der Waals surface area contributed by atoms with Crippen LogP contribution in [0.4, 0.5) is 17.3 Å². The minimum Gasteiger partial charge on any atom is -0.497 e. The first-order valence-corrected chi connectivity index (χ1v) is 6.34. The van der Waals surface area contributed by atoms with Crippen molar-refractivity contribution in [2.24, 2.45) is 0 Å². The molecular formula is C14H16N4O3. The summed E-state index contributed by atoms with van der Waals surface area (Å²) in [6.45, 7) is 0.436. The summed E-state index contributed by atoms with van der Waals surface area (Å²) in [6.07, 6.45) is 0. The van der Waals surface area contributed by atoms with Crippen molar-refractivity contribution in [3.63, 3.8) is 0 Å². The Bertz CT molecular complexity index is 629. The van der Waals surface area contributed by atoms with Crippen LogP contribution in [-0.2, 0) is 6.54 Å². The largest absolute Gasteiger partial charge is 0.497 e. The SMILES string of the molecule is CNc1ccc([N+](=O)[O-])c(NCc2ccc(OC)cc2)n1. The Morgan fingerprint density at radius 2 is 1.95 bits per heavy atom. The van der Waals surface area contributed by atoms with E-state index in [1.807, 2.05) is 24.3 Å². The highest BCUT2D eigenvalue weighted by atomic mass is 16.6. The third kappa shape index (κ3) is 3.59. The number of hydrogen-bond acceptors (Lipinski definition) is 6. The number of nitro groups is 1. The molecule has 0 saturated heterocycles. The third-order valence-electron chi connectivity index (χ3n) is 2.95. The van der Waals surface area contributed by atoms with E-state index in [9.17, 15) is 10.1 Å². The molecule has 0 aliphatic carbocycles. The van der Waals surface area contributed by atoms with Crippen molar-refractivity contribution in [3.8, 4) is 5.75 Å². The second kappa shape index (κ2) is 6.56. The zero-order valence-electron chi connectivity index (χ0n) is 11.8. The van der Waals surface area contributed by atoms with Gasteiger partial charge in [-0.2, -0.15) is 0 Å². The number of pyridine rings is 1. The smallest absolute Gasteiger partial charge is 0.311 e. The van der Waals surface area contributed by atoms with Gasteiger partial charge in [-0.1, -0.05) is 12.1 Å².